The monoisotopic (exact) mass is 224 g/mol. The molecule has 1 amide bonds. The molecule has 0 spiro atoms. The van der Waals surface area contributed by atoms with Gasteiger partial charge < -0.3 is 11.1 Å². The second-order valence-corrected chi connectivity index (χ2v) is 3.14. The van der Waals surface area contributed by atoms with E-state index in [1.165, 1.54) is 0 Å². The van der Waals surface area contributed by atoms with Gasteiger partial charge in [-0.1, -0.05) is 6.92 Å². The van der Waals surface area contributed by atoms with Gasteiger partial charge in [0.15, 0.2) is 0 Å². The Labute approximate surface area is 91.8 Å². The zero-order valence-corrected chi connectivity index (χ0v) is 8.77. The smallest absolute Gasteiger partial charge is 0.288 e. The van der Waals surface area contributed by atoms with E-state index in [1.807, 2.05) is 6.92 Å². The van der Waals surface area contributed by atoms with Crippen LogP contribution in [-0.4, -0.2) is 22.4 Å². The molecular formula is C9H12N4O3. The van der Waals surface area contributed by atoms with Gasteiger partial charge in [0.1, 0.15) is 12.0 Å². The first kappa shape index (κ1) is 11.9. The predicted octanol–water partition coefficient (Wildman–Crippen LogP) is 0.911. The number of nitrogens with zero attached hydrogens (tertiary/aromatic N) is 2. The summed E-state index contributed by atoms with van der Waals surface area (Å²) >= 11 is 0. The molecule has 0 aliphatic rings. The van der Waals surface area contributed by atoms with Crippen molar-refractivity contribution in [2.75, 3.05) is 11.9 Å². The molecule has 1 aromatic rings. The second kappa shape index (κ2) is 5.06. The van der Waals surface area contributed by atoms with Crippen LogP contribution in [-0.2, 0) is 0 Å². The van der Waals surface area contributed by atoms with Gasteiger partial charge in [-0.15, -0.1) is 0 Å². The SMILES string of the molecule is CCCNc1ncc([N+](=O)[O-])cc1C(N)=O. The first-order valence-electron chi connectivity index (χ1n) is 4.74. The van der Waals surface area contributed by atoms with E-state index in [4.69, 9.17) is 5.73 Å². The first-order chi connectivity index (χ1) is 7.56. The molecule has 1 aromatic heterocycles. The number of hydrogen-bond acceptors (Lipinski definition) is 5. The minimum absolute atomic E-state index is 0.0302. The largest absolute Gasteiger partial charge is 0.369 e. The Morgan fingerprint density at radius 2 is 2.38 bits per heavy atom. The summed E-state index contributed by atoms with van der Waals surface area (Å²) in [7, 11) is 0. The molecule has 0 aliphatic carbocycles. The van der Waals surface area contributed by atoms with E-state index in [9.17, 15) is 14.9 Å². The Morgan fingerprint density at radius 3 is 2.88 bits per heavy atom. The Hall–Kier alpha value is -2.18. The number of pyridine rings is 1. The number of nitro groups is 1. The number of nitrogens with two attached hydrogens (primary N) is 1. The topological polar surface area (TPSA) is 111 Å². The van der Waals surface area contributed by atoms with Crippen molar-refractivity contribution in [2.45, 2.75) is 13.3 Å². The van der Waals surface area contributed by atoms with Crippen LogP contribution >= 0.6 is 0 Å². The van der Waals surface area contributed by atoms with Gasteiger partial charge in [-0.25, -0.2) is 4.98 Å². The summed E-state index contributed by atoms with van der Waals surface area (Å²) in [5.41, 5.74) is 4.89. The highest BCUT2D eigenvalue weighted by Gasteiger charge is 2.15. The van der Waals surface area contributed by atoms with Crippen molar-refractivity contribution >= 4 is 17.4 Å². The molecule has 1 rings (SSSR count). The highest BCUT2D eigenvalue weighted by Crippen LogP contribution is 2.18. The van der Waals surface area contributed by atoms with E-state index >= 15 is 0 Å². The molecule has 86 valence electrons. The van der Waals surface area contributed by atoms with Crippen LogP contribution in [0.15, 0.2) is 12.3 Å². The maximum absolute atomic E-state index is 11.1. The lowest BCUT2D eigenvalue weighted by Gasteiger charge is -2.07. The van der Waals surface area contributed by atoms with E-state index in [-0.39, 0.29) is 17.1 Å². The summed E-state index contributed by atoms with van der Waals surface area (Å²) in [6.45, 7) is 2.56. The fourth-order valence-corrected chi connectivity index (χ4v) is 1.13. The van der Waals surface area contributed by atoms with Gasteiger partial charge in [-0.2, -0.15) is 0 Å². The zero-order valence-electron chi connectivity index (χ0n) is 8.77. The van der Waals surface area contributed by atoms with E-state index in [0.29, 0.717) is 6.54 Å². The minimum atomic E-state index is -0.741. The summed E-state index contributed by atoms with van der Waals surface area (Å²) in [6, 6.07) is 1.12. The van der Waals surface area contributed by atoms with Crippen molar-refractivity contribution in [3.05, 3.63) is 27.9 Å². The van der Waals surface area contributed by atoms with E-state index in [2.05, 4.69) is 10.3 Å². The molecule has 1 heterocycles. The van der Waals surface area contributed by atoms with Crippen molar-refractivity contribution < 1.29 is 9.72 Å². The molecule has 7 heteroatoms. The molecule has 3 N–H and O–H groups in total. The van der Waals surface area contributed by atoms with Crippen molar-refractivity contribution in [1.29, 1.82) is 0 Å². The molecule has 0 fully saturated rings. The number of amides is 1. The number of primary amides is 1. The van der Waals surface area contributed by atoms with Gasteiger partial charge in [0.25, 0.3) is 11.6 Å². The van der Waals surface area contributed by atoms with Crippen molar-refractivity contribution in [3.63, 3.8) is 0 Å². The first-order valence-corrected chi connectivity index (χ1v) is 4.74. The average Bonchev–Trinajstić information content (AvgIpc) is 2.25. The van der Waals surface area contributed by atoms with Crippen molar-refractivity contribution in [1.82, 2.24) is 4.98 Å². The third kappa shape index (κ3) is 2.66. The molecule has 0 aliphatic heterocycles. The normalized spacial score (nSPS) is 9.81. The predicted molar refractivity (Wildman–Crippen MR) is 58.2 cm³/mol. The van der Waals surface area contributed by atoms with Crippen molar-refractivity contribution in [2.24, 2.45) is 5.73 Å². The molecular weight excluding hydrogens is 212 g/mol. The highest BCUT2D eigenvalue weighted by molar-refractivity contribution is 5.98. The van der Waals surface area contributed by atoms with Gasteiger partial charge >= 0.3 is 0 Å². The molecule has 0 bridgehead atoms. The molecule has 7 nitrogen and oxygen atoms in total. The summed E-state index contributed by atoms with van der Waals surface area (Å²) in [6.07, 6.45) is 1.93. The fraction of sp³-hybridized carbons (Fsp3) is 0.333. The molecule has 0 atom stereocenters. The van der Waals surface area contributed by atoms with Crippen LogP contribution in [0.5, 0.6) is 0 Å². The highest BCUT2D eigenvalue weighted by atomic mass is 16.6. The number of aromatic nitrogens is 1. The summed E-state index contributed by atoms with van der Waals surface area (Å²) < 4.78 is 0. The number of carbonyl (C=O) groups excluding carboxylic acids is 1. The van der Waals surface area contributed by atoms with Crippen LogP contribution in [0.3, 0.4) is 0 Å². The van der Waals surface area contributed by atoms with E-state index in [0.717, 1.165) is 18.7 Å². The second-order valence-electron chi connectivity index (χ2n) is 3.14. The maximum Gasteiger partial charge on any atom is 0.288 e. The third-order valence-electron chi connectivity index (χ3n) is 1.89. The molecule has 0 aromatic carbocycles. The number of hydrogen-bond donors (Lipinski definition) is 2. The Bertz CT molecular complexity index is 419. The number of anilines is 1. The molecule has 0 unspecified atom stereocenters. The molecule has 0 saturated heterocycles. The molecule has 16 heavy (non-hydrogen) atoms. The Kier molecular flexibility index (Phi) is 3.76. The third-order valence-corrected chi connectivity index (χ3v) is 1.89. The van der Waals surface area contributed by atoms with Gasteiger partial charge in [-0.3, -0.25) is 14.9 Å². The summed E-state index contributed by atoms with van der Waals surface area (Å²) in [5.74, 6) is -0.463. The number of rotatable bonds is 5. The zero-order chi connectivity index (χ0) is 12.1. The van der Waals surface area contributed by atoms with Gasteiger partial charge in [0, 0.05) is 12.6 Å². The Morgan fingerprint density at radius 1 is 1.69 bits per heavy atom. The van der Waals surface area contributed by atoms with Crippen LogP contribution in [0.2, 0.25) is 0 Å². The van der Waals surface area contributed by atoms with E-state index in [1.54, 1.807) is 0 Å². The Balaban J connectivity index is 3.09. The lowest BCUT2D eigenvalue weighted by molar-refractivity contribution is -0.385. The lowest BCUT2D eigenvalue weighted by atomic mass is 10.2. The fourth-order valence-electron chi connectivity index (χ4n) is 1.13. The van der Waals surface area contributed by atoms with Crippen molar-refractivity contribution in [3.8, 4) is 0 Å². The van der Waals surface area contributed by atoms with Crippen LogP contribution in [0.4, 0.5) is 11.5 Å². The standard InChI is InChI=1S/C9H12N4O3/c1-2-3-11-9-7(8(10)14)4-6(5-12-9)13(15)16/h4-5H,2-3H2,1H3,(H2,10,14)(H,11,12). The lowest BCUT2D eigenvalue weighted by Crippen LogP contribution is -2.16. The van der Waals surface area contributed by atoms with Gasteiger partial charge in [0.05, 0.1) is 10.5 Å². The van der Waals surface area contributed by atoms with Crippen LogP contribution in [0.25, 0.3) is 0 Å². The van der Waals surface area contributed by atoms with Crippen LogP contribution in [0.1, 0.15) is 23.7 Å². The molecule has 0 saturated carbocycles. The quantitative estimate of drug-likeness (QED) is 0.570. The number of nitrogens with one attached hydrogen (secondary N) is 1. The van der Waals surface area contributed by atoms with Gasteiger partial charge in [-0.05, 0) is 6.42 Å². The van der Waals surface area contributed by atoms with Crippen LogP contribution in [0, 0.1) is 10.1 Å². The minimum Gasteiger partial charge on any atom is -0.369 e. The molecule has 0 radical (unpaired) electrons. The summed E-state index contributed by atoms with van der Waals surface area (Å²) in [4.78, 5) is 24.8. The maximum atomic E-state index is 11.1. The van der Waals surface area contributed by atoms with E-state index < -0.39 is 10.8 Å². The van der Waals surface area contributed by atoms with Gasteiger partial charge in [0.2, 0.25) is 0 Å². The average molecular weight is 224 g/mol. The number of carbonyl (C=O) groups is 1. The van der Waals surface area contributed by atoms with Crippen LogP contribution < -0.4 is 11.1 Å². The summed E-state index contributed by atoms with van der Waals surface area (Å²) in [5, 5.41) is 13.4.